The number of fused-ring (bicyclic) bond motifs is 2. The number of benzene rings is 2. The maximum atomic E-state index is 12.8. The fourth-order valence-corrected chi connectivity index (χ4v) is 3.46. The van der Waals surface area contributed by atoms with Crippen molar-refractivity contribution in [1.82, 2.24) is 4.90 Å². The molecular weight excluding hydrogens is 302 g/mol. The number of rotatable bonds is 2. The van der Waals surface area contributed by atoms with E-state index in [4.69, 9.17) is 4.42 Å². The van der Waals surface area contributed by atoms with Gasteiger partial charge in [0.2, 0.25) is 0 Å². The van der Waals surface area contributed by atoms with Gasteiger partial charge in [0.15, 0.2) is 11.2 Å². The summed E-state index contributed by atoms with van der Waals surface area (Å²) in [5.74, 6) is -0.176. The van der Waals surface area contributed by atoms with Crippen LogP contribution in [-0.4, -0.2) is 17.9 Å². The molecule has 4 heteroatoms. The van der Waals surface area contributed by atoms with Crippen molar-refractivity contribution in [3.05, 3.63) is 81.7 Å². The molecule has 1 amide bonds. The van der Waals surface area contributed by atoms with Gasteiger partial charge in [-0.05, 0) is 36.1 Å². The summed E-state index contributed by atoms with van der Waals surface area (Å²) in [6.45, 7) is 0. The van der Waals surface area contributed by atoms with Crippen LogP contribution in [0.2, 0.25) is 0 Å². The first-order valence-corrected chi connectivity index (χ1v) is 8.03. The molecule has 4 nitrogen and oxygen atoms in total. The predicted octanol–water partition coefficient (Wildman–Crippen LogP) is 3.55. The van der Waals surface area contributed by atoms with Gasteiger partial charge in [-0.25, -0.2) is 0 Å². The summed E-state index contributed by atoms with van der Waals surface area (Å²) < 4.78 is 5.68. The average molecular weight is 319 g/mol. The van der Waals surface area contributed by atoms with Gasteiger partial charge in [-0.15, -0.1) is 0 Å². The lowest BCUT2D eigenvalue weighted by Crippen LogP contribution is -2.30. The Morgan fingerprint density at radius 3 is 2.75 bits per heavy atom. The van der Waals surface area contributed by atoms with E-state index >= 15 is 0 Å². The highest BCUT2D eigenvalue weighted by molar-refractivity contribution is 5.93. The lowest BCUT2D eigenvalue weighted by Gasteiger charge is -2.25. The van der Waals surface area contributed by atoms with Gasteiger partial charge in [-0.2, -0.15) is 0 Å². The lowest BCUT2D eigenvalue weighted by atomic mass is 10.1. The van der Waals surface area contributed by atoms with Crippen LogP contribution in [0, 0.1) is 0 Å². The van der Waals surface area contributed by atoms with E-state index in [1.165, 1.54) is 17.2 Å². The molecule has 0 aliphatic heterocycles. The highest BCUT2D eigenvalue weighted by Crippen LogP contribution is 2.35. The monoisotopic (exact) mass is 319 g/mol. The number of carbonyl (C=O) groups is 1. The van der Waals surface area contributed by atoms with Crippen LogP contribution < -0.4 is 5.43 Å². The van der Waals surface area contributed by atoms with Gasteiger partial charge in [0.25, 0.3) is 5.91 Å². The fourth-order valence-electron chi connectivity index (χ4n) is 3.46. The van der Waals surface area contributed by atoms with Crippen LogP contribution in [-0.2, 0) is 6.42 Å². The molecule has 120 valence electrons. The second-order valence-electron chi connectivity index (χ2n) is 6.14. The SMILES string of the molecule is CN(C(=O)c1cc(=O)c2ccccc2o1)C1CCc2ccccc21. The Kier molecular flexibility index (Phi) is 3.45. The third-order valence-electron chi connectivity index (χ3n) is 4.73. The Morgan fingerprint density at radius 2 is 1.88 bits per heavy atom. The normalized spacial score (nSPS) is 16.1. The molecule has 2 aromatic carbocycles. The first-order valence-electron chi connectivity index (χ1n) is 8.03. The number of para-hydroxylation sites is 1. The molecule has 0 saturated heterocycles. The van der Waals surface area contributed by atoms with Crippen molar-refractivity contribution >= 4 is 16.9 Å². The number of nitrogens with zero attached hydrogens (tertiary/aromatic N) is 1. The third-order valence-corrected chi connectivity index (χ3v) is 4.73. The first kappa shape index (κ1) is 14.7. The summed E-state index contributed by atoms with van der Waals surface area (Å²) in [5, 5.41) is 0.489. The number of hydrogen-bond acceptors (Lipinski definition) is 3. The predicted molar refractivity (Wildman–Crippen MR) is 92.1 cm³/mol. The van der Waals surface area contributed by atoms with E-state index in [9.17, 15) is 9.59 Å². The van der Waals surface area contributed by atoms with Crippen LogP contribution >= 0.6 is 0 Å². The van der Waals surface area contributed by atoms with E-state index in [1.807, 2.05) is 12.1 Å². The van der Waals surface area contributed by atoms with E-state index in [-0.39, 0.29) is 23.1 Å². The molecule has 3 aromatic rings. The largest absolute Gasteiger partial charge is 0.451 e. The molecule has 1 unspecified atom stereocenters. The molecule has 4 rings (SSSR count). The van der Waals surface area contributed by atoms with Crippen molar-refractivity contribution in [1.29, 1.82) is 0 Å². The molecule has 1 aliphatic carbocycles. The number of carbonyl (C=O) groups excluding carboxylic acids is 1. The molecular formula is C20H17NO3. The van der Waals surface area contributed by atoms with Crippen LogP contribution in [0.15, 0.2) is 63.8 Å². The van der Waals surface area contributed by atoms with E-state index in [1.54, 1.807) is 36.2 Å². The second-order valence-corrected chi connectivity index (χ2v) is 6.14. The standard InChI is InChI=1S/C20H17NO3/c1-21(16-11-10-13-6-2-3-7-14(13)16)20(23)19-12-17(22)15-8-4-5-9-18(15)24-19/h2-9,12,16H,10-11H2,1H3. The summed E-state index contributed by atoms with van der Waals surface area (Å²) >= 11 is 0. The topological polar surface area (TPSA) is 50.5 Å². The third kappa shape index (κ3) is 2.31. The second kappa shape index (κ2) is 5.64. The average Bonchev–Trinajstić information content (AvgIpc) is 3.04. The minimum atomic E-state index is -0.264. The quantitative estimate of drug-likeness (QED) is 0.726. The van der Waals surface area contributed by atoms with E-state index in [0.29, 0.717) is 11.0 Å². The zero-order chi connectivity index (χ0) is 16.7. The summed E-state index contributed by atoms with van der Waals surface area (Å²) in [4.78, 5) is 26.7. The van der Waals surface area contributed by atoms with Gasteiger partial charge < -0.3 is 9.32 Å². The Labute approximate surface area is 139 Å². The van der Waals surface area contributed by atoms with Crippen molar-refractivity contribution in [3.63, 3.8) is 0 Å². The number of amides is 1. The fraction of sp³-hybridized carbons (Fsp3) is 0.200. The molecule has 0 N–H and O–H groups in total. The Hall–Kier alpha value is -2.88. The Morgan fingerprint density at radius 1 is 1.12 bits per heavy atom. The molecule has 1 aromatic heterocycles. The van der Waals surface area contributed by atoms with Gasteiger partial charge >= 0.3 is 0 Å². The molecule has 1 heterocycles. The minimum Gasteiger partial charge on any atom is -0.451 e. The molecule has 1 atom stereocenters. The van der Waals surface area contributed by atoms with Crippen molar-refractivity contribution in [2.24, 2.45) is 0 Å². The van der Waals surface area contributed by atoms with Crippen LogP contribution in [0.25, 0.3) is 11.0 Å². The summed E-state index contributed by atoms with van der Waals surface area (Å²) in [7, 11) is 1.77. The van der Waals surface area contributed by atoms with Gasteiger partial charge in [-0.1, -0.05) is 36.4 Å². The molecule has 0 radical (unpaired) electrons. The molecule has 0 spiro atoms. The van der Waals surface area contributed by atoms with Crippen LogP contribution in [0.4, 0.5) is 0 Å². The molecule has 0 saturated carbocycles. The summed E-state index contributed by atoms with van der Waals surface area (Å²) in [6.07, 6.45) is 1.85. The zero-order valence-electron chi connectivity index (χ0n) is 13.4. The van der Waals surface area contributed by atoms with Gasteiger partial charge in [0, 0.05) is 13.1 Å². The van der Waals surface area contributed by atoms with Crippen LogP contribution in [0.5, 0.6) is 0 Å². The lowest BCUT2D eigenvalue weighted by molar-refractivity contribution is 0.0699. The first-order chi connectivity index (χ1) is 11.6. The summed E-state index contributed by atoms with van der Waals surface area (Å²) in [6, 6.07) is 16.5. The number of hydrogen-bond donors (Lipinski definition) is 0. The molecule has 24 heavy (non-hydrogen) atoms. The Balaban J connectivity index is 1.70. The maximum absolute atomic E-state index is 12.8. The summed E-state index contributed by atoms with van der Waals surface area (Å²) in [5.41, 5.74) is 2.70. The van der Waals surface area contributed by atoms with Crippen molar-refractivity contribution in [3.8, 4) is 0 Å². The highest BCUT2D eigenvalue weighted by Gasteiger charge is 2.30. The van der Waals surface area contributed by atoms with Gasteiger partial charge in [0.05, 0.1) is 11.4 Å². The Bertz CT molecular complexity index is 989. The van der Waals surface area contributed by atoms with Crippen molar-refractivity contribution in [2.75, 3.05) is 7.05 Å². The van der Waals surface area contributed by atoms with E-state index < -0.39 is 0 Å². The van der Waals surface area contributed by atoms with Crippen LogP contribution in [0.3, 0.4) is 0 Å². The minimum absolute atomic E-state index is 0.0190. The maximum Gasteiger partial charge on any atom is 0.289 e. The molecule has 0 bridgehead atoms. The van der Waals surface area contributed by atoms with Gasteiger partial charge in [0.1, 0.15) is 5.58 Å². The highest BCUT2D eigenvalue weighted by atomic mass is 16.3. The molecule has 1 aliphatic rings. The van der Waals surface area contributed by atoms with Gasteiger partial charge in [-0.3, -0.25) is 9.59 Å². The van der Waals surface area contributed by atoms with E-state index in [2.05, 4.69) is 12.1 Å². The van der Waals surface area contributed by atoms with Crippen molar-refractivity contribution < 1.29 is 9.21 Å². The van der Waals surface area contributed by atoms with Crippen molar-refractivity contribution in [2.45, 2.75) is 18.9 Å². The zero-order valence-corrected chi connectivity index (χ0v) is 13.4. The van der Waals surface area contributed by atoms with Crippen LogP contribution in [0.1, 0.15) is 34.1 Å². The number of aryl methyl sites for hydroxylation is 1. The molecule has 0 fully saturated rings. The van der Waals surface area contributed by atoms with E-state index in [0.717, 1.165) is 12.8 Å². The smallest absolute Gasteiger partial charge is 0.289 e.